The van der Waals surface area contributed by atoms with Gasteiger partial charge in [0.1, 0.15) is 23.9 Å². The molecule has 150 valence electrons. The molecular weight excluding hydrogens is 354 g/mol. The van der Waals surface area contributed by atoms with E-state index in [-0.39, 0.29) is 18.1 Å². The van der Waals surface area contributed by atoms with Gasteiger partial charge in [0, 0.05) is 6.42 Å². The Balaban J connectivity index is 2.89. The summed E-state index contributed by atoms with van der Waals surface area (Å²) >= 11 is 0. The first-order chi connectivity index (χ1) is 12.7. The molecule has 0 aliphatic rings. The van der Waals surface area contributed by atoms with Gasteiger partial charge < -0.3 is 31.7 Å². The number of carboxylic acid groups (broad SMARTS) is 1. The van der Waals surface area contributed by atoms with Gasteiger partial charge in [-0.1, -0.05) is 32.4 Å². The normalized spacial score (nSPS) is 15.3. The Morgan fingerprint density at radius 1 is 1.11 bits per heavy atom. The molecule has 27 heavy (non-hydrogen) atoms. The predicted molar refractivity (Wildman–Crippen MR) is 97.8 cm³/mol. The second-order valence-corrected chi connectivity index (χ2v) is 6.43. The van der Waals surface area contributed by atoms with Gasteiger partial charge >= 0.3 is 5.97 Å². The average molecular weight is 381 g/mol. The summed E-state index contributed by atoms with van der Waals surface area (Å²) in [7, 11) is 0. The number of carbonyl (C=O) groups excluding carboxylic acids is 2. The van der Waals surface area contributed by atoms with Crippen molar-refractivity contribution in [1.29, 1.82) is 0 Å². The zero-order chi connectivity index (χ0) is 20.6. The van der Waals surface area contributed by atoms with Gasteiger partial charge in [0.05, 0.1) is 6.61 Å². The van der Waals surface area contributed by atoms with Crippen LogP contribution in [0.2, 0.25) is 0 Å². The molecule has 1 rings (SSSR count). The summed E-state index contributed by atoms with van der Waals surface area (Å²) in [5.41, 5.74) is 6.08. The smallest absolute Gasteiger partial charge is 0.326 e. The second kappa shape index (κ2) is 10.5. The number of hydrogen-bond acceptors (Lipinski definition) is 6. The molecule has 2 amide bonds. The number of nitrogens with one attached hydrogen (secondary N) is 2. The molecule has 4 atom stereocenters. The van der Waals surface area contributed by atoms with E-state index in [0.717, 1.165) is 0 Å². The molecule has 0 aliphatic heterocycles. The number of aliphatic carboxylic acids is 1. The van der Waals surface area contributed by atoms with E-state index in [4.69, 9.17) is 10.8 Å². The van der Waals surface area contributed by atoms with Crippen LogP contribution >= 0.6 is 0 Å². The molecule has 7 N–H and O–H groups in total. The molecule has 0 bridgehead atoms. The summed E-state index contributed by atoms with van der Waals surface area (Å²) in [4.78, 5) is 36.1. The van der Waals surface area contributed by atoms with Crippen LogP contribution in [0.1, 0.15) is 25.8 Å². The second-order valence-electron chi connectivity index (χ2n) is 6.43. The zero-order valence-electron chi connectivity index (χ0n) is 15.4. The molecule has 0 saturated heterocycles. The van der Waals surface area contributed by atoms with E-state index in [9.17, 15) is 24.6 Å². The maximum atomic E-state index is 12.6. The van der Waals surface area contributed by atoms with E-state index in [1.54, 1.807) is 19.1 Å². The highest BCUT2D eigenvalue weighted by atomic mass is 16.4. The lowest BCUT2D eigenvalue weighted by atomic mass is 9.97. The SMILES string of the molecule is CCC(C)C(NC(=O)C(N)CO)C(=O)NC(Cc1ccc(O)cc1)C(=O)O. The summed E-state index contributed by atoms with van der Waals surface area (Å²) < 4.78 is 0. The van der Waals surface area contributed by atoms with Gasteiger partial charge in [-0.3, -0.25) is 9.59 Å². The maximum absolute atomic E-state index is 12.6. The minimum Gasteiger partial charge on any atom is -0.508 e. The van der Waals surface area contributed by atoms with E-state index >= 15 is 0 Å². The Kier molecular flexibility index (Phi) is 8.70. The van der Waals surface area contributed by atoms with Crippen LogP contribution in [0.5, 0.6) is 5.75 Å². The molecule has 1 aromatic rings. The van der Waals surface area contributed by atoms with Crippen molar-refractivity contribution in [2.24, 2.45) is 11.7 Å². The Morgan fingerprint density at radius 2 is 1.70 bits per heavy atom. The molecule has 0 heterocycles. The third kappa shape index (κ3) is 6.87. The van der Waals surface area contributed by atoms with Crippen LogP contribution in [0.15, 0.2) is 24.3 Å². The van der Waals surface area contributed by atoms with Crippen LogP contribution in [0, 0.1) is 5.92 Å². The van der Waals surface area contributed by atoms with E-state index in [1.807, 2.05) is 6.92 Å². The highest BCUT2D eigenvalue weighted by molar-refractivity contribution is 5.92. The molecule has 0 spiro atoms. The van der Waals surface area contributed by atoms with E-state index in [2.05, 4.69) is 10.6 Å². The van der Waals surface area contributed by atoms with Crippen LogP contribution in [0.3, 0.4) is 0 Å². The molecule has 0 radical (unpaired) electrons. The van der Waals surface area contributed by atoms with Crippen LogP contribution in [-0.2, 0) is 20.8 Å². The first-order valence-electron chi connectivity index (χ1n) is 8.67. The highest BCUT2D eigenvalue weighted by Gasteiger charge is 2.30. The van der Waals surface area contributed by atoms with Crippen LogP contribution in [0.4, 0.5) is 0 Å². The third-order valence-electron chi connectivity index (χ3n) is 4.32. The van der Waals surface area contributed by atoms with Gasteiger partial charge in [-0.15, -0.1) is 0 Å². The quantitative estimate of drug-likeness (QED) is 0.314. The monoisotopic (exact) mass is 381 g/mol. The van der Waals surface area contributed by atoms with Gasteiger partial charge in [-0.2, -0.15) is 0 Å². The number of hydrogen-bond donors (Lipinski definition) is 6. The Morgan fingerprint density at radius 3 is 2.19 bits per heavy atom. The number of amides is 2. The fourth-order valence-corrected chi connectivity index (χ4v) is 2.37. The first-order valence-corrected chi connectivity index (χ1v) is 8.67. The van der Waals surface area contributed by atoms with Crippen molar-refractivity contribution >= 4 is 17.8 Å². The largest absolute Gasteiger partial charge is 0.508 e. The first kappa shape index (κ1) is 22.4. The number of carbonyl (C=O) groups is 3. The molecular formula is C18H27N3O6. The topological polar surface area (TPSA) is 162 Å². The summed E-state index contributed by atoms with van der Waals surface area (Å²) in [6.07, 6.45) is 0.571. The van der Waals surface area contributed by atoms with E-state index in [0.29, 0.717) is 12.0 Å². The number of phenolic OH excluding ortho intramolecular Hbond substituents is 1. The molecule has 9 nitrogen and oxygen atoms in total. The van der Waals surface area contributed by atoms with Crippen molar-refractivity contribution in [1.82, 2.24) is 10.6 Å². The maximum Gasteiger partial charge on any atom is 0.326 e. The number of aliphatic hydroxyl groups excluding tert-OH is 1. The van der Waals surface area contributed by atoms with E-state index < -0.39 is 42.5 Å². The molecule has 0 aliphatic carbocycles. The number of aromatic hydroxyl groups is 1. The third-order valence-corrected chi connectivity index (χ3v) is 4.32. The van der Waals surface area contributed by atoms with Crippen molar-refractivity contribution < 1.29 is 29.7 Å². The van der Waals surface area contributed by atoms with Crippen molar-refractivity contribution in [2.45, 2.75) is 44.8 Å². The van der Waals surface area contributed by atoms with Gasteiger partial charge in [0.15, 0.2) is 0 Å². The van der Waals surface area contributed by atoms with Gasteiger partial charge in [-0.05, 0) is 23.6 Å². The fourth-order valence-electron chi connectivity index (χ4n) is 2.37. The standard InChI is InChI=1S/C18H27N3O6/c1-3-10(2)15(21-16(24)13(19)9-22)17(25)20-14(18(26)27)8-11-4-6-12(23)7-5-11/h4-7,10,13-15,22-23H,3,8-9,19H2,1-2H3,(H,20,25)(H,21,24)(H,26,27). The van der Waals surface area contributed by atoms with Crippen LogP contribution in [-0.4, -0.2) is 57.8 Å². The molecule has 0 fully saturated rings. The van der Waals surface area contributed by atoms with Gasteiger partial charge in [0.2, 0.25) is 11.8 Å². The van der Waals surface area contributed by atoms with Crippen molar-refractivity contribution in [3.05, 3.63) is 29.8 Å². The molecule has 0 aromatic heterocycles. The van der Waals surface area contributed by atoms with Gasteiger partial charge in [0.25, 0.3) is 0 Å². The fraction of sp³-hybridized carbons (Fsp3) is 0.500. The van der Waals surface area contributed by atoms with Crippen molar-refractivity contribution in [3.63, 3.8) is 0 Å². The summed E-state index contributed by atoms with van der Waals surface area (Å²) in [5.74, 6) is -2.78. The molecule has 9 heteroatoms. The Hall–Kier alpha value is -2.65. The predicted octanol–water partition coefficient (Wildman–Crippen LogP) is -0.645. The number of nitrogens with two attached hydrogens (primary N) is 1. The van der Waals surface area contributed by atoms with Gasteiger partial charge in [-0.25, -0.2) is 4.79 Å². The molecule has 1 aromatic carbocycles. The summed E-state index contributed by atoms with van der Waals surface area (Å²) in [6, 6.07) is 2.61. The molecule has 0 saturated carbocycles. The highest BCUT2D eigenvalue weighted by Crippen LogP contribution is 2.13. The van der Waals surface area contributed by atoms with Crippen molar-refractivity contribution in [3.8, 4) is 5.75 Å². The van der Waals surface area contributed by atoms with E-state index in [1.165, 1.54) is 12.1 Å². The minimum absolute atomic E-state index is 0.0126. The minimum atomic E-state index is -1.22. The summed E-state index contributed by atoms with van der Waals surface area (Å²) in [5, 5.41) is 32.6. The lowest BCUT2D eigenvalue weighted by Gasteiger charge is -2.26. The number of carboxylic acids is 1. The lowest BCUT2D eigenvalue weighted by molar-refractivity contribution is -0.142. The zero-order valence-corrected chi connectivity index (χ0v) is 15.4. The van der Waals surface area contributed by atoms with Crippen molar-refractivity contribution in [2.75, 3.05) is 6.61 Å². The average Bonchev–Trinajstić information content (AvgIpc) is 2.65. The summed E-state index contributed by atoms with van der Waals surface area (Å²) in [6.45, 7) is 3.00. The lowest BCUT2D eigenvalue weighted by Crippen LogP contribution is -2.57. The number of aliphatic hydroxyl groups is 1. The van der Waals surface area contributed by atoms with Crippen LogP contribution < -0.4 is 16.4 Å². The van der Waals surface area contributed by atoms with Crippen LogP contribution in [0.25, 0.3) is 0 Å². The number of phenols is 1. The number of benzene rings is 1. The molecule has 4 unspecified atom stereocenters. The Bertz CT molecular complexity index is 649. The Labute approximate surface area is 157 Å². The number of rotatable bonds is 10.